The highest BCUT2D eigenvalue weighted by Crippen LogP contribution is 2.22. The van der Waals surface area contributed by atoms with Crippen molar-refractivity contribution < 1.29 is 13.5 Å². The van der Waals surface area contributed by atoms with Crippen molar-refractivity contribution in [2.24, 2.45) is 0 Å². The van der Waals surface area contributed by atoms with Crippen LogP contribution in [0.4, 0.5) is 8.78 Å². The molecule has 2 aromatic heterocycles. The lowest BCUT2D eigenvalue weighted by molar-refractivity contribution is 0.0796. The van der Waals surface area contributed by atoms with E-state index in [0.717, 1.165) is 5.82 Å². The second kappa shape index (κ2) is 5.52. The van der Waals surface area contributed by atoms with Crippen molar-refractivity contribution in [3.63, 3.8) is 0 Å². The zero-order valence-electron chi connectivity index (χ0n) is 11.5. The van der Waals surface area contributed by atoms with Gasteiger partial charge in [-0.1, -0.05) is 20.8 Å². The molecule has 0 unspecified atom stereocenters. The smallest absolute Gasteiger partial charge is 0.272 e. The van der Waals surface area contributed by atoms with E-state index in [4.69, 9.17) is 4.74 Å². The molecule has 0 fully saturated rings. The Hall–Kier alpha value is -2.05. The monoisotopic (exact) mass is 282 g/mol. The van der Waals surface area contributed by atoms with Crippen LogP contribution in [0.1, 0.15) is 26.6 Å². The highest BCUT2D eigenvalue weighted by Gasteiger charge is 2.19. The maximum absolute atomic E-state index is 12.0. The Morgan fingerprint density at radius 3 is 2.55 bits per heavy atom. The molecule has 5 nitrogen and oxygen atoms in total. The molecule has 2 rings (SSSR count). The van der Waals surface area contributed by atoms with E-state index in [1.807, 2.05) is 20.8 Å². The summed E-state index contributed by atoms with van der Waals surface area (Å²) in [7, 11) is 0. The third-order valence-corrected chi connectivity index (χ3v) is 2.55. The number of hydrogen-bond donors (Lipinski definition) is 1. The number of aromatic nitrogens is 4. The average Bonchev–Trinajstić information content (AvgIpc) is 2.86. The minimum atomic E-state index is -2.51. The van der Waals surface area contributed by atoms with Gasteiger partial charge in [0.1, 0.15) is 5.82 Å². The summed E-state index contributed by atoms with van der Waals surface area (Å²) in [6.07, 6.45) is -1.02. The van der Waals surface area contributed by atoms with E-state index in [0.29, 0.717) is 11.4 Å². The number of halogens is 2. The minimum Gasteiger partial charge on any atom is -0.472 e. The summed E-state index contributed by atoms with van der Waals surface area (Å²) >= 11 is 0. The molecule has 0 amide bonds. The number of hydrogen-bond acceptors (Lipinski definition) is 4. The molecule has 1 N–H and O–H groups in total. The number of ether oxygens (including phenoxy) is 1. The lowest BCUT2D eigenvalue weighted by Gasteiger charge is -2.12. The summed E-state index contributed by atoms with van der Waals surface area (Å²) in [6, 6.07) is 3.20. The number of aromatic amines is 1. The lowest BCUT2D eigenvalue weighted by atomic mass is 9.96. The van der Waals surface area contributed by atoms with Crippen LogP contribution in [0.15, 0.2) is 18.3 Å². The van der Waals surface area contributed by atoms with Gasteiger partial charge >= 0.3 is 0 Å². The summed E-state index contributed by atoms with van der Waals surface area (Å²) in [5.41, 5.74) is 0.570. The molecule has 2 aromatic rings. The lowest BCUT2D eigenvalue weighted by Crippen LogP contribution is -2.13. The van der Waals surface area contributed by atoms with E-state index in [1.165, 1.54) is 12.3 Å². The Bertz CT molecular complexity index is 560. The first kappa shape index (κ1) is 14.4. The fourth-order valence-electron chi connectivity index (χ4n) is 1.47. The first-order valence-electron chi connectivity index (χ1n) is 6.16. The van der Waals surface area contributed by atoms with Gasteiger partial charge in [0.25, 0.3) is 6.43 Å². The number of pyridine rings is 1. The zero-order valence-corrected chi connectivity index (χ0v) is 11.5. The topological polar surface area (TPSA) is 63.7 Å². The number of nitrogens with zero attached hydrogens (tertiary/aromatic N) is 3. The van der Waals surface area contributed by atoms with Crippen molar-refractivity contribution in [2.75, 3.05) is 6.61 Å². The van der Waals surface area contributed by atoms with Crippen LogP contribution in [0.3, 0.4) is 0 Å². The number of nitrogens with one attached hydrogen (secondary N) is 1. The van der Waals surface area contributed by atoms with Crippen molar-refractivity contribution in [3.05, 3.63) is 24.2 Å². The Kier molecular flexibility index (Phi) is 3.96. The largest absolute Gasteiger partial charge is 0.472 e. The van der Waals surface area contributed by atoms with Crippen LogP contribution in [-0.2, 0) is 5.41 Å². The van der Waals surface area contributed by atoms with Crippen molar-refractivity contribution >= 4 is 0 Å². The van der Waals surface area contributed by atoms with Crippen LogP contribution >= 0.6 is 0 Å². The summed E-state index contributed by atoms with van der Waals surface area (Å²) in [6.45, 7) is 5.41. The first-order valence-corrected chi connectivity index (χ1v) is 6.16. The van der Waals surface area contributed by atoms with Gasteiger partial charge in [-0.3, -0.25) is 5.10 Å². The molecule has 0 atom stereocenters. The first-order chi connectivity index (χ1) is 9.36. The van der Waals surface area contributed by atoms with Gasteiger partial charge in [-0.25, -0.2) is 18.7 Å². The maximum atomic E-state index is 12.0. The Morgan fingerprint density at radius 2 is 2.05 bits per heavy atom. The Balaban J connectivity index is 2.12. The highest BCUT2D eigenvalue weighted by molar-refractivity contribution is 5.53. The van der Waals surface area contributed by atoms with Crippen LogP contribution in [-0.4, -0.2) is 33.2 Å². The van der Waals surface area contributed by atoms with Gasteiger partial charge in [0, 0.05) is 23.2 Å². The third-order valence-electron chi connectivity index (χ3n) is 2.55. The third kappa shape index (κ3) is 3.49. The van der Waals surface area contributed by atoms with Gasteiger partial charge in [-0.05, 0) is 6.07 Å². The SMILES string of the molecule is CC(C)(C)c1nc(-c2ccc(OCC(F)F)nc2)n[nH]1. The second-order valence-electron chi connectivity index (χ2n) is 5.34. The Labute approximate surface area is 115 Å². The number of rotatable bonds is 4. The standard InChI is InChI=1S/C13H16F2N4O/c1-13(2,3)12-17-11(18-19-12)8-4-5-10(16-6-8)20-7-9(14)15/h4-6,9H,7H2,1-3H3,(H,17,18,19). The molecule has 20 heavy (non-hydrogen) atoms. The van der Waals surface area contributed by atoms with E-state index in [2.05, 4.69) is 20.2 Å². The maximum Gasteiger partial charge on any atom is 0.272 e. The fraction of sp³-hybridized carbons (Fsp3) is 0.462. The molecule has 7 heteroatoms. The van der Waals surface area contributed by atoms with Gasteiger partial charge in [-0.2, -0.15) is 5.10 Å². The molecule has 0 aliphatic carbocycles. The van der Waals surface area contributed by atoms with Crippen molar-refractivity contribution in [1.29, 1.82) is 0 Å². The molecule has 0 aromatic carbocycles. The number of H-pyrrole nitrogens is 1. The quantitative estimate of drug-likeness (QED) is 0.936. The molecule has 0 spiro atoms. The molecule has 0 saturated heterocycles. The van der Waals surface area contributed by atoms with E-state index in [1.54, 1.807) is 6.07 Å². The van der Waals surface area contributed by atoms with E-state index >= 15 is 0 Å². The molecule has 0 aliphatic heterocycles. The fourth-order valence-corrected chi connectivity index (χ4v) is 1.47. The van der Waals surface area contributed by atoms with E-state index in [9.17, 15) is 8.78 Å². The summed E-state index contributed by atoms with van der Waals surface area (Å²) in [5.74, 6) is 1.44. The molecule has 2 heterocycles. The number of alkyl halides is 2. The van der Waals surface area contributed by atoms with Gasteiger partial charge in [0.05, 0.1) is 0 Å². The van der Waals surface area contributed by atoms with Gasteiger partial charge in [-0.15, -0.1) is 0 Å². The molecular formula is C13H16F2N4O. The predicted molar refractivity (Wildman–Crippen MR) is 69.8 cm³/mol. The second-order valence-corrected chi connectivity index (χ2v) is 5.34. The van der Waals surface area contributed by atoms with Crippen molar-refractivity contribution in [1.82, 2.24) is 20.2 Å². The summed E-state index contributed by atoms with van der Waals surface area (Å²) in [4.78, 5) is 8.34. The molecule has 0 bridgehead atoms. The molecule has 0 aliphatic rings. The zero-order chi connectivity index (χ0) is 14.8. The van der Waals surface area contributed by atoms with Gasteiger partial charge in [0.2, 0.25) is 5.88 Å². The van der Waals surface area contributed by atoms with Crippen LogP contribution in [0.5, 0.6) is 5.88 Å². The summed E-state index contributed by atoms with van der Waals surface area (Å²) < 4.78 is 28.8. The Morgan fingerprint density at radius 1 is 1.30 bits per heavy atom. The van der Waals surface area contributed by atoms with Gasteiger partial charge < -0.3 is 4.74 Å². The summed E-state index contributed by atoms with van der Waals surface area (Å²) in [5, 5.41) is 7.00. The van der Waals surface area contributed by atoms with Gasteiger partial charge in [0.15, 0.2) is 12.4 Å². The van der Waals surface area contributed by atoms with Crippen molar-refractivity contribution in [3.8, 4) is 17.3 Å². The molecule has 0 radical (unpaired) electrons. The normalized spacial score (nSPS) is 11.9. The van der Waals surface area contributed by atoms with Crippen molar-refractivity contribution in [2.45, 2.75) is 32.6 Å². The van der Waals surface area contributed by atoms with Crippen LogP contribution < -0.4 is 4.74 Å². The highest BCUT2D eigenvalue weighted by atomic mass is 19.3. The molecular weight excluding hydrogens is 266 g/mol. The molecule has 108 valence electrons. The minimum absolute atomic E-state index is 0.126. The van der Waals surface area contributed by atoms with Crippen LogP contribution in [0.25, 0.3) is 11.4 Å². The average molecular weight is 282 g/mol. The predicted octanol–water partition coefficient (Wildman–Crippen LogP) is 2.81. The van der Waals surface area contributed by atoms with Crippen LogP contribution in [0, 0.1) is 0 Å². The van der Waals surface area contributed by atoms with E-state index < -0.39 is 13.0 Å². The van der Waals surface area contributed by atoms with Crippen LogP contribution in [0.2, 0.25) is 0 Å². The van der Waals surface area contributed by atoms with E-state index in [-0.39, 0.29) is 11.3 Å². The molecule has 0 saturated carbocycles.